The van der Waals surface area contributed by atoms with E-state index in [1.54, 1.807) is 5.92 Å². The molecule has 0 heterocycles. The zero-order valence-corrected chi connectivity index (χ0v) is 7.06. The molecule has 7 N–H and O–H groups in total. The standard InChI is InChI=1S/C4H10N2O2.C3H3NO/c5-2-1-3(6)4(7)8;1-2-3(4)5/h3H,1-2,5-6H2,(H,7,8);1H,(H2,4,5). The van der Waals surface area contributed by atoms with Gasteiger partial charge in [-0.15, -0.1) is 6.42 Å². The van der Waals surface area contributed by atoms with E-state index in [0.29, 0.717) is 13.0 Å². The molecule has 0 rings (SSSR count). The zero-order valence-electron chi connectivity index (χ0n) is 7.06. The number of aliphatic carboxylic acids is 1. The summed E-state index contributed by atoms with van der Waals surface area (Å²) in [7, 11) is 0. The van der Waals surface area contributed by atoms with Crippen molar-refractivity contribution in [2.24, 2.45) is 17.2 Å². The van der Waals surface area contributed by atoms with Crippen molar-refractivity contribution in [2.45, 2.75) is 12.5 Å². The molecular formula is C7H13N3O3. The van der Waals surface area contributed by atoms with E-state index in [9.17, 15) is 9.59 Å². The summed E-state index contributed by atoms with van der Waals surface area (Å²) in [6.07, 6.45) is 4.79. The molecule has 0 bridgehead atoms. The topological polar surface area (TPSA) is 132 Å². The highest BCUT2D eigenvalue weighted by atomic mass is 16.4. The lowest BCUT2D eigenvalue weighted by Gasteiger charge is -2.00. The Morgan fingerprint density at radius 3 is 2.00 bits per heavy atom. The Morgan fingerprint density at radius 1 is 1.54 bits per heavy atom. The fraction of sp³-hybridized carbons (Fsp3) is 0.429. The highest BCUT2D eigenvalue weighted by Gasteiger charge is 2.07. The van der Waals surface area contributed by atoms with Crippen LogP contribution in [0.3, 0.4) is 0 Å². The molecule has 0 saturated heterocycles. The van der Waals surface area contributed by atoms with Gasteiger partial charge in [0.25, 0.3) is 5.91 Å². The van der Waals surface area contributed by atoms with Crippen molar-refractivity contribution < 1.29 is 14.7 Å². The first-order valence-electron chi connectivity index (χ1n) is 3.40. The van der Waals surface area contributed by atoms with Gasteiger partial charge in [0.15, 0.2) is 0 Å². The second-order valence-electron chi connectivity index (χ2n) is 2.03. The number of primary amides is 1. The Labute approximate surface area is 76.1 Å². The van der Waals surface area contributed by atoms with Crippen LogP contribution in [0.4, 0.5) is 0 Å². The average Bonchev–Trinajstić information content (AvgIpc) is 2.06. The summed E-state index contributed by atoms with van der Waals surface area (Å²) < 4.78 is 0. The summed E-state index contributed by atoms with van der Waals surface area (Å²) in [6, 6.07) is -0.792. The molecule has 0 aromatic heterocycles. The molecule has 6 nitrogen and oxygen atoms in total. The minimum Gasteiger partial charge on any atom is -0.480 e. The van der Waals surface area contributed by atoms with E-state index in [1.807, 2.05) is 0 Å². The van der Waals surface area contributed by atoms with Gasteiger partial charge < -0.3 is 22.3 Å². The second kappa shape index (κ2) is 8.52. The zero-order chi connectivity index (χ0) is 10.9. The number of carboxylic acids is 1. The molecule has 1 amide bonds. The molecule has 0 saturated carbocycles. The van der Waals surface area contributed by atoms with Crippen LogP contribution in [0.2, 0.25) is 0 Å². The number of rotatable bonds is 3. The third-order valence-corrected chi connectivity index (χ3v) is 0.937. The first-order valence-corrected chi connectivity index (χ1v) is 3.40. The van der Waals surface area contributed by atoms with Gasteiger partial charge in [0.05, 0.1) is 0 Å². The molecule has 6 heteroatoms. The van der Waals surface area contributed by atoms with Crippen LogP contribution >= 0.6 is 0 Å². The van der Waals surface area contributed by atoms with E-state index in [0.717, 1.165) is 0 Å². The van der Waals surface area contributed by atoms with Crippen LogP contribution in [0.5, 0.6) is 0 Å². The normalized spacial score (nSPS) is 10.2. The lowest BCUT2D eigenvalue weighted by molar-refractivity contribution is -0.138. The Bertz CT molecular complexity index is 210. The van der Waals surface area contributed by atoms with Gasteiger partial charge >= 0.3 is 5.97 Å². The largest absolute Gasteiger partial charge is 0.480 e. The van der Waals surface area contributed by atoms with Crippen LogP contribution in [0.15, 0.2) is 0 Å². The van der Waals surface area contributed by atoms with E-state index >= 15 is 0 Å². The van der Waals surface area contributed by atoms with Crippen molar-refractivity contribution in [1.29, 1.82) is 0 Å². The molecule has 1 unspecified atom stereocenters. The molecule has 0 spiro atoms. The van der Waals surface area contributed by atoms with Gasteiger partial charge in [-0.05, 0) is 18.9 Å². The third kappa shape index (κ3) is 13.4. The minimum absolute atomic E-state index is 0.327. The minimum atomic E-state index is -0.990. The van der Waals surface area contributed by atoms with E-state index < -0.39 is 17.9 Å². The lowest BCUT2D eigenvalue weighted by Crippen LogP contribution is -2.32. The number of amides is 1. The highest BCUT2D eigenvalue weighted by Crippen LogP contribution is 1.82. The average molecular weight is 187 g/mol. The molecule has 0 aliphatic heterocycles. The van der Waals surface area contributed by atoms with Crippen molar-refractivity contribution in [3.63, 3.8) is 0 Å². The van der Waals surface area contributed by atoms with Crippen LogP contribution in [0, 0.1) is 12.3 Å². The Balaban J connectivity index is 0. The van der Waals surface area contributed by atoms with Crippen LogP contribution in [-0.4, -0.2) is 29.6 Å². The van der Waals surface area contributed by atoms with Crippen molar-refractivity contribution >= 4 is 11.9 Å². The number of carboxylic acid groups (broad SMARTS) is 1. The van der Waals surface area contributed by atoms with Gasteiger partial charge in [-0.1, -0.05) is 0 Å². The molecule has 0 aliphatic carbocycles. The van der Waals surface area contributed by atoms with Crippen molar-refractivity contribution in [2.75, 3.05) is 6.54 Å². The number of carbonyl (C=O) groups is 2. The number of hydrogen-bond acceptors (Lipinski definition) is 4. The number of terminal acetylenes is 1. The Kier molecular flexibility index (Phi) is 9.15. The van der Waals surface area contributed by atoms with Crippen LogP contribution in [0.1, 0.15) is 6.42 Å². The fourth-order valence-electron chi connectivity index (χ4n) is 0.303. The maximum atomic E-state index is 9.91. The molecule has 0 fully saturated rings. The van der Waals surface area contributed by atoms with Gasteiger partial charge in [0.2, 0.25) is 0 Å². The van der Waals surface area contributed by atoms with Crippen molar-refractivity contribution in [3.8, 4) is 12.3 Å². The molecule has 0 aliphatic rings. The summed E-state index contributed by atoms with van der Waals surface area (Å²) in [5.74, 6) is -0.0412. The van der Waals surface area contributed by atoms with Crippen LogP contribution in [0.25, 0.3) is 0 Å². The maximum Gasteiger partial charge on any atom is 0.320 e. The predicted octanol–water partition coefficient (Wildman–Crippen LogP) is -2.15. The van der Waals surface area contributed by atoms with Crippen molar-refractivity contribution in [3.05, 3.63) is 0 Å². The highest BCUT2D eigenvalue weighted by molar-refractivity contribution is 5.91. The Morgan fingerprint density at radius 2 is 1.92 bits per heavy atom. The van der Waals surface area contributed by atoms with E-state index in [2.05, 4.69) is 12.2 Å². The van der Waals surface area contributed by atoms with Crippen LogP contribution in [-0.2, 0) is 9.59 Å². The molecule has 1 atom stereocenters. The fourth-order valence-corrected chi connectivity index (χ4v) is 0.303. The summed E-state index contributed by atoms with van der Waals surface area (Å²) >= 11 is 0. The van der Waals surface area contributed by atoms with Gasteiger partial charge in [0, 0.05) is 0 Å². The molecule has 0 aromatic carbocycles. The molecular weight excluding hydrogens is 174 g/mol. The van der Waals surface area contributed by atoms with E-state index in [4.69, 9.17) is 16.6 Å². The molecule has 0 radical (unpaired) electrons. The summed E-state index contributed by atoms with van der Waals surface area (Å²) in [6.45, 7) is 0.327. The number of carbonyl (C=O) groups excluding carboxylic acids is 1. The van der Waals surface area contributed by atoms with Gasteiger partial charge in [-0.25, -0.2) is 0 Å². The van der Waals surface area contributed by atoms with Gasteiger partial charge in [-0.2, -0.15) is 0 Å². The summed E-state index contributed by atoms with van der Waals surface area (Å²) in [4.78, 5) is 19.3. The number of hydrogen-bond donors (Lipinski definition) is 4. The summed E-state index contributed by atoms with van der Waals surface area (Å²) in [5, 5.41) is 8.13. The van der Waals surface area contributed by atoms with Crippen LogP contribution < -0.4 is 17.2 Å². The van der Waals surface area contributed by atoms with E-state index in [1.165, 1.54) is 0 Å². The molecule has 0 aromatic rings. The Hall–Kier alpha value is -1.58. The maximum absolute atomic E-state index is 9.91. The second-order valence-corrected chi connectivity index (χ2v) is 2.03. The van der Waals surface area contributed by atoms with Gasteiger partial charge in [-0.3, -0.25) is 9.59 Å². The molecule has 13 heavy (non-hydrogen) atoms. The SMILES string of the molecule is C#CC(N)=O.NCCC(N)C(=O)O. The van der Waals surface area contributed by atoms with Crippen molar-refractivity contribution in [1.82, 2.24) is 0 Å². The first-order chi connectivity index (χ1) is 5.95. The van der Waals surface area contributed by atoms with Gasteiger partial charge in [0.1, 0.15) is 6.04 Å². The first kappa shape index (κ1) is 14.0. The lowest BCUT2D eigenvalue weighted by atomic mass is 10.2. The molecule has 74 valence electrons. The smallest absolute Gasteiger partial charge is 0.320 e. The van der Waals surface area contributed by atoms with E-state index in [-0.39, 0.29) is 0 Å². The number of nitrogens with two attached hydrogens (primary N) is 3. The quantitative estimate of drug-likeness (QED) is 0.374. The monoisotopic (exact) mass is 187 g/mol. The third-order valence-electron chi connectivity index (χ3n) is 0.937. The summed E-state index contributed by atoms with van der Waals surface area (Å²) in [5.41, 5.74) is 14.5. The predicted molar refractivity (Wildman–Crippen MR) is 47.3 cm³/mol.